The Morgan fingerprint density at radius 2 is 1.39 bits per heavy atom. The third-order valence-electron chi connectivity index (χ3n) is 6.37. The Balaban J connectivity index is 1.74. The largest absolute Gasteiger partial charge is 0.464 e. The van der Waals surface area contributed by atoms with Crippen LogP contribution >= 0.6 is 0 Å². The van der Waals surface area contributed by atoms with Gasteiger partial charge in [-0.2, -0.15) is 0 Å². The van der Waals surface area contributed by atoms with E-state index in [0.29, 0.717) is 0 Å². The molecule has 0 aromatic heterocycles. The summed E-state index contributed by atoms with van der Waals surface area (Å²) in [6, 6.07) is 29.2. The number of benzene rings is 3. The number of allylic oxidation sites excluding steroid dienone is 1. The van der Waals surface area contributed by atoms with Gasteiger partial charge in [-0.25, -0.2) is 0 Å². The molecule has 31 heavy (non-hydrogen) atoms. The number of fused-ring (bicyclic) bond motifs is 1. The lowest BCUT2D eigenvalue weighted by Crippen LogP contribution is -2.54. The van der Waals surface area contributed by atoms with Gasteiger partial charge in [0.25, 0.3) is 0 Å². The van der Waals surface area contributed by atoms with Gasteiger partial charge in [0.2, 0.25) is 5.72 Å². The number of likely N-dealkylation sites (tertiary alicyclic amines) is 1. The molecule has 1 fully saturated rings. The highest BCUT2D eigenvalue weighted by atomic mass is 16.5. The Hall–Kier alpha value is -3.28. The maximum atomic E-state index is 6.94. The second-order valence-electron chi connectivity index (χ2n) is 8.27. The number of para-hydroxylation sites is 1. The van der Waals surface area contributed by atoms with Crippen LogP contribution in [0.15, 0.2) is 90.5 Å². The van der Waals surface area contributed by atoms with Gasteiger partial charge in [0.1, 0.15) is 5.75 Å². The minimum absolute atomic E-state index is 0.628. The number of rotatable bonds is 2. The molecule has 0 bridgehead atoms. The number of ether oxygens (including phenoxy) is 1. The van der Waals surface area contributed by atoms with Crippen LogP contribution in [0.25, 0.3) is 5.57 Å². The molecule has 2 aliphatic heterocycles. The molecule has 0 unspecified atom stereocenters. The molecule has 1 saturated heterocycles. The van der Waals surface area contributed by atoms with E-state index in [1.165, 1.54) is 30.4 Å². The maximum Gasteiger partial charge on any atom is 0.213 e. The first kappa shape index (κ1) is 19.7. The van der Waals surface area contributed by atoms with Crippen LogP contribution in [-0.2, 0) is 5.72 Å². The second-order valence-corrected chi connectivity index (χ2v) is 8.27. The van der Waals surface area contributed by atoms with Crippen molar-refractivity contribution >= 4 is 5.57 Å². The molecule has 1 atom stereocenters. The molecule has 3 aromatic carbocycles. The molecule has 0 radical (unpaired) electrons. The van der Waals surface area contributed by atoms with Gasteiger partial charge in [-0.3, -0.25) is 4.90 Å². The van der Waals surface area contributed by atoms with E-state index >= 15 is 0 Å². The van der Waals surface area contributed by atoms with Crippen molar-refractivity contribution in [2.75, 3.05) is 13.1 Å². The van der Waals surface area contributed by atoms with Crippen LogP contribution in [0.1, 0.15) is 42.9 Å². The second kappa shape index (κ2) is 8.46. The van der Waals surface area contributed by atoms with E-state index in [0.717, 1.165) is 35.5 Å². The van der Waals surface area contributed by atoms with Crippen molar-refractivity contribution in [2.24, 2.45) is 0 Å². The van der Waals surface area contributed by atoms with Crippen LogP contribution in [0.2, 0.25) is 0 Å². The molecule has 2 nitrogen and oxygen atoms in total. The fourth-order valence-corrected chi connectivity index (χ4v) is 4.82. The lowest BCUT2D eigenvalue weighted by atomic mass is 9.83. The molecular weight excluding hydrogens is 378 g/mol. The monoisotopic (exact) mass is 405 g/mol. The molecule has 0 spiro atoms. The highest BCUT2D eigenvalue weighted by molar-refractivity contribution is 5.87. The molecule has 0 N–H and O–H groups in total. The van der Waals surface area contributed by atoms with Crippen LogP contribution in [0.5, 0.6) is 5.75 Å². The zero-order valence-electron chi connectivity index (χ0n) is 18.0. The van der Waals surface area contributed by atoms with Gasteiger partial charge in [0, 0.05) is 40.9 Å². The first-order valence-corrected chi connectivity index (χ1v) is 11.2. The zero-order valence-corrected chi connectivity index (χ0v) is 18.0. The summed E-state index contributed by atoms with van der Waals surface area (Å²) in [5.41, 5.74) is 4.88. The molecule has 3 aromatic rings. The summed E-state index contributed by atoms with van der Waals surface area (Å²) in [4.78, 5) is 2.52. The Kier molecular flexibility index (Phi) is 5.37. The van der Waals surface area contributed by atoms with Crippen LogP contribution in [0.3, 0.4) is 0 Å². The van der Waals surface area contributed by atoms with E-state index in [1.54, 1.807) is 0 Å². The lowest BCUT2D eigenvalue weighted by Gasteiger charge is -2.49. The molecule has 2 aliphatic rings. The van der Waals surface area contributed by atoms with Gasteiger partial charge in [-0.1, -0.05) is 78.9 Å². The normalized spacial score (nSPS) is 20.9. The topological polar surface area (TPSA) is 12.5 Å². The van der Waals surface area contributed by atoms with Gasteiger partial charge >= 0.3 is 0 Å². The quantitative estimate of drug-likeness (QED) is 0.468. The summed E-state index contributed by atoms with van der Waals surface area (Å²) in [6.07, 6.45) is 3.66. The van der Waals surface area contributed by atoms with E-state index in [9.17, 15) is 0 Å². The van der Waals surface area contributed by atoms with Gasteiger partial charge < -0.3 is 4.74 Å². The maximum absolute atomic E-state index is 6.94. The Labute approximate surface area is 185 Å². The molecular formula is C29H27NO. The van der Waals surface area contributed by atoms with E-state index in [-0.39, 0.29) is 0 Å². The van der Waals surface area contributed by atoms with Crippen molar-refractivity contribution in [3.05, 3.63) is 107 Å². The minimum atomic E-state index is -0.628. The Morgan fingerprint density at radius 1 is 0.742 bits per heavy atom. The first-order valence-electron chi connectivity index (χ1n) is 11.2. The SMILES string of the molecule is CC1=C(C#Cc2ccccc2)c2ccccc2O[C@@]1(c1ccccc1)N1CCCCC1. The van der Waals surface area contributed by atoms with Crippen molar-refractivity contribution in [1.29, 1.82) is 0 Å². The zero-order chi connectivity index (χ0) is 21.1. The number of piperidine rings is 1. The van der Waals surface area contributed by atoms with Gasteiger partial charge in [-0.15, -0.1) is 0 Å². The van der Waals surface area contributed by atoms with Crippen LogP contribution in [0, 0.1) is 11.8 Å². The summed E-state index contributed by atoms with van der Waals surface area (Å²) in [5, 5.41) is 0. The van der Waals surface area contributed by atoms with Crippen molar-refractivity contribution in [1.82, 2.24) is 4.90 Å². The predicted molar refractivity (Wildman–Crippen MR) is 127 cm³/mol. The Bertz CT molecular complexity index is 1150. The summed E-state index contributed by atoms with van der Waals surface area (Å²) < 4.78 is 6.94. The molecule has 2 heteroatoms. The third-order valence-corrected chi connectivity index (χ3v) is 6.37. The van der Waals surface area contributed by atoms with Crippen LogP contribution < -0.4 is 4.74 Å². The molecule has 2 heterocycles. The van der Waals surface area contributed by atoms with Crippen molar-refractivity contribution in [3.63, 3.8) is 0 Å². The molecule has 154 valence electrons. The molecule has 0 aliphatic carbocycles. The first-order chi connectivity index (χ1) is 15.3. The summed E-state index contributed by atoms with van der Waals surface area (Å²) in [5.74, 6) is 7.83. The average molecular weight is 406 g/mol. The number of hydrogen-bond acceptors (Lipinski definition) is 2. The Morgan fingerprint density at radius 3 is 2.13 bits per heavy atom. The van der Waals surface area contributed by atoms with Gasteiger partial charge in [-0.05, 0) is 44.0 Å². The molecule has 0 saturated carbocycles. The highest BCUT2D eigenvalue weighted by Crippen LogP contribution is 2.48. The standard InChI is InChI=1S/C29H27NO/c1-23-26(20-19-24-13-5-2-6-14-24)27-17-9-10-18-28(27)31-29(23,25-15-7-3-8-16-25)30-21-11-4-12-22-30/h2-3,5-10,13-18H,4,11-12,21-22H2,1H3/t29-/m0/s1. The van der Waals surface area contributed by atoms with Gasteiger partial charge in [0.05, 0.1) is 0 Å². The van der Waals surface area contributed by atoms with E-state index in [1.807, 2.05) is 24.3 Å². The average Bonchev–Trinajstić information content (AvgIpc) is 2.85. The van der Waals surface area contributed by atoms with Crippen molar-refractivity contribution in [3.8, 4) is 17.6 Å². The number of hydrogen-bond donors (Lipinski definition) is 0. The van der Waals surface area contributed by atoms with E-state index in [4.69, 9.17) is 4.74 Å². The predicted octanol–water partition coefficient (Wildman–Crippen LogP) is 6.24. The fourth-order valence-electron chi connectivity index (χ4n) is 4.82. The smallest absolute Gasteiger partial charge is 0.213 e. The fraction of sp³-hybridized carbons (Fsp3) is 0.241. The lowest BCUT2D eigenvalue weighted by molar-refractivity contribution is -0.0724. The minimum Gasteiger partial charge on any atom is -0.464 e. The van der Waals surface area contributed by atoms with Crippen molar-refractivity contribution in [2.45, 2.75) is 31.9 Å². The van der Waals surface area contributed by atoms with Gasteiger partial charge in [0.15, 0.2) is 0 Å². The van der Waals surface area contributed by atoms with Crippen LogP contribution in [0.4, 0.5) is 0 Å². The number of nitrogens with zero attached hydrogens (tertiary/aromatic N) is 1. The van der Waals surface area contributed by atoms with Crippen LogP contribution in [-0.4, -0.2) is 18.0 Å². The molecule has 0 amide bonds. The summed E-state index contributed by atoms with van der Waals surface area (Å²) >= 11 is 0. The van der Waals surface area contributed by atoms with E-state index in [2.05, 4.69) is 84.3 Å². The third kappa shape index (κ3) is 3.56. The molecule has 5 rings (SSSR count). The van der Waals surface area contributed by atoms with E-state index < -0.39 is 5.72 Å². The summed E-state index contributed by atoms with van der Waals surface area (Å²) in [6.45, 7) is 4.24. The summed E-state index contributed by atoms with van der Waals surface area (Å²) in [7, 11) is 0. The highest BCUT2D eigenvalue weighted by Gasteiger charge is 2.47. The van der Waals surface area contributed by atoms with Crippen molar-refractivity contribution < 1.29 is 4.74 Å².